The van der Waals surface area contributed by atoms with Crippen molar-refractivity contribution >= 4 is 22.2 Å². The molecule has 0 aliphatic rings. The molecule has 1 unspecified atom stereocenters. The van der Waals surface area contributed by atoms with Crippen molar-refractivity contribution in [3.63, 3.8) is 0 Å². The second kappa shape index (κ2) is 6.51. The molecule has 2 aromatic carbocycles. The summed E-state index contributed by atoms with van der Waals surface area (Å²) in [6, 6.07) is 19.0. The molecule has 4 aromatic rings. The normalized spacial score (nSPS) is 12.6. The highest BCUT2D eigenvalue weighted by Crippen LogP contribution is 2.29. The highest BCUT2D eigenvalue weighted by Gasteiger charge is 2.16. The highest BCUT2D eigenvalue weighted by atomic mass is 15.4. The molecule has 25 heavy (non-hydrogen) atoms. The first-order valence-corrected chi connectivity index (χ1v) is 8.70. The molecule has 0 aliphatic heterocycles. The molecule has 5 heteroatoms. The van der Waals surface area contributed by atoms with Gasteiger partial charge in [0.25, 0.3) is 0 Å². The first-order chi connectivity index (χ1) is 12.3. The summed E-state index contributed by atoms with van der Waals surface area (Å²) < 4.78 is 1.82. The minimum Gasteiger partial charge on any atom is -0.361 e. The summed E-state index contributed by atoms with van der Waals surface area (Å²) in [6.07, 6.45) is 2.14. The number of anilines is 1. The van der Waals surface area contributed by atoms with Gasteiger partial charge in [-0.3, -0.25) is 0 Å². The third kappa shape index (κ3) is 2.82. The van der Waals surface area contributed by atoms with Crippen LogP contribution in [0.25, 0.3) is 16.4 Å². The summed E-state index contributed by atoms with van der Waals surface area (Å²) in [6.45, 7) is 4.13. The predicted molar refractivity (Wildman–Crippen MR) is 101 cm³/mol. The number of benzene rings is 2. The number of nitrogens with one attached hydrogen (secondary N) is 1. The van der Waals surface area contributed by atoms with Crippen LogP contribution in [0.5, 0.6) is 0 Å². The standard InChI is InChI=1S/C20H21N5/c1-3-9-18(15-10-5-4-6-11-15)21-19-16-12-7-8-13-17(16)20-23-22-14(2)25(20)24-19/h4-8,10-13,18H,3,9H2,1-2H3,(H,21,24). The average molecular weight is 331 g/mol. The fourth-order valence-corrected chi connectivity index (χ4v) is 3.25. The lowest BCUT2D eigenvalue weighted by molar-refractivity contribution is 0.672. The lowest BCUT2D eigenvalue weighted by Crippen LogP contribution is -2.13. The number of fused-ring (bicyclic) bond motifs is 3. The third-order valence-electron chi connectivity index (χ3n) is 4.51. The molecule has 4 rings (SSSR count). The molecule has 0 amide bonds. The van der Waals surface area contributed by atoms with Gasteiger partial charge in [0, 0.05) is 10.8 Å². The smallest absolute Gasteiger partial charge is 0.185 e. The molecule has 126 valence electrons. The average Bonchev–Trinajstić information content (AvgIpc) is 3.03. The predicted octanol–water partition coefficient (Wildman–Crippen LogP) is 4.54. The van der Waals surface area contributed by atoms with Crippen molar-refractivity contribution < 1.29 is 0 Å². The van der Waals surface area contributed by atoms with Gasteiger partial charge in [-0.2, -0.15) is 4.52 Å². The maximum Gasteiger partial charge on any atom is 0.185 e. The van der Waals surface area contributed by atoms with Crippen LogP contribution in [0.2, 0.25) is 0 Å². The van der Waals surface area contributed by atoms with Crippen LogP contribution in [0.1, 0.15) is 37.2 Å². The van der Waals surface area contributed by atoms with Crippen LogP contribution < -0.4 is 5.32 Å². The van der Waals surface area contributed by atoms with Crippen LogP contribution in [0.3, 0.4) is 0 Å². The Balaban J connectivity index is 1.85. The van der Waals surface area contributed by atoms with Crippen molar-refractivity contribution in [2.75, 3.05) is 5.32 Å². The summed E-state index contributed by atoms with van der Waals surface area (Å²) >= 11 is 0. The minimum absolute atomic E-state index is 0.219. The van der Waals surface area contributed by atoms with E-state index >= 15 is 0 Å². The second-order valence-electron chi connectivity index (χ2n) is 6.27. The molecule has 5 nitrogen and oxygen atoms in total. The molecule has 2 aromatic heterocycles. The van der Waals surface area contributed by atoms with Crippen molar-refractivity contribution in [2.24, 2.45) is 0 Å². The topological polar surface area (TPSA) is 55.1 Å². The van der Waals surface area contributed by atoms with E-state index in [4.69, 9.17) is 5.10 Å². The maximum atomic E-state index is 4.79. The number of rotatable bonds is 5. The van der Waals surface area contributed by atoms with Crippen molar-refractivity contribution in [2.45, 2.75) is 32.7 Å². The molecule has 0 aliphatic carbocycles. The zero-order valence-corrected chi connectivity index (χ0v) is 14.5. The van der Waals surface area contributed by atoms with Gasteiger partial charge in [0.2, 0.25) is 0 Å². The Kier molecular flexibility index (Phi) is 4.06. The van der Waals surface area contributed by atoms with Crippen molar-refractivity contribution in [1.29, 1.82) is 0 Å². The molecule has 1 atom stereocenters. The zero-order valence-electron chi connectivity index (χ0n) is 14.5. The van der Waals surface area contributed by atoms with Crippen molar-refractivity contribution in [1.82, 2.24) is 19.8 Å². The van der Waals surface area contributed by atoms with Gasteiger partial charge in [-0.05, 0) is 18.9 Å². The van der Waals surface area contributed by atoms with Gasteiger partial charge in [-0.1, -0.05) is 67.9 Å². The van der Waals surface area contributed by atoms with Crippen LogP contribution in [0, 0.1) is 6.92 Å². The lowest BCUT2D eigenvalue weighted by Gasteiger charge is -2.20. The number of hydrogen-bond acceptors (Lipinski definition) is 4. The van der Waals surface area contributed by atoms with E-state index in [1.54, 1.807) is 0 Å². The Morgan fingerprint density at radius 2 is 1.68 bits per heavy atom. The van der Waals surface area contributed by atoms with E-state index in [1.165, 1.54) is 5.56 Å². The molecule has 1 N–H and O–H groups in total. The Labute approximate surface area is 146 Å². The highest BCUT2D eigenvalue weighted by molar-refractivity contribution is 5.99. The summed E-state index contributed by atoms with van der Waals surface area (Å²) in [5.74, 6) is 1.66. The minimum atomic E-state index is 0.219. The van der Waals surface area contributed by atoms with E-state index in [0.29, 0.717) is 0 Å². The van der Waals surface area contributed by atoms with Gasteiger partial charge in [0.05, 0.1) is 6.04 Å². The molecule has 0 fully saturated rings. The van der Waals surface area contributed by atoms with Gasteiger partial charge in [0.1, 0.15) is 0 Å². The van der Waals surface area contributed by atoms with E-state index in [-0.39, 0.29) is 6.04 Å². The first kappa shape index (κ1) is 15.6. The van der Waals surface area contributed by atoms with Crippen LogP contribution >= 0.6 is 0 Å². The second-order valence-corrected chi connectivity index (χ2v) is 6.27. The Bertz CT molecular complexity index is 1010. The molecular formula is C20H21N5. The molecule has 0 bridgehead atoms. The van der Waals surface area contributed by atoms with Gasteiger partial charge in [-0.15, -0.1) is 15.3 Å². The largest absolute Gasteiger partial charge is 0.361 e. The SMILES string of the molecule is CCCC(Nc1nn2c(C)nnc2c2ccccc12)c1ccccc1. The Morgan fingerprint density at radius 1 is 0.960 bits per heavy atom. The first-order valence-electron chi connectivity index (χ1n) is 8.70. The molecular weight excluding hydrogens is 310 g/mol. The molecule has 0 spiro atoms. The molecule has 2 heterocycles. The van der Waals surface area contributed by atoms with Gasteiger partial charge < -0.3 is 5.32 Å². The zero-order chi connectivity index (χ0) is 17.2. The van der Waals surface area contributed by atoms with Crippen LogP contribution in [-0.4, -0.2) is 19.8 Å². The van der Waals surface area contributed by atoms with Gasteiger partial charge >= 0.3 is 0 Å². The van der Waals surface area contributed by atoms with Crippen LogP contribution in [0.4, 0.5) is 5.82 Å². The van der Waals surface area contributed by atoms with Crippen molar-refractivity contribution in [3.05, 3.63) is 66.0 Å². The molecule has 0 saturated carbocycles. The van der Waals surface area contributed by atoms with Crippen LogP contribution in [0.15, 0.2) is 54.6 Å². The fourth-order valence-electron chi connectivity index (χ4n) is 3.25. The monoisotopic (exact) mass is 331 g/mol. The summed E-state index contributed by atoms with van der Waals surface area (Å²) in [7, 11) is 0. The lowest BCUT2D eigenvalue weighted by atomic mass is 10.0. The molecule has 0 radical (unpaired) electrons. The maximum absolute atomic E-state index is 4.79. The van der Waals surface area contributed by atoms with E-state index in [9.17, 15) is 0 Å². The number of aromatic nitrogens is 4. The third-order valence-corrected chi connectivity index (χ3v) is 4.51. The summed E-state index contributed by atoms with van der Waals surface area (Å²) in [4.78, 5) is 0. The van der Waals surface area contributed by atoms with E-state index < -0.39 is 0 Å². The number of aryl methyl sites for hydroxylation is 1. The van der Waals surface area contributed by atoms with E-state index in [1.807, 2.05) is 29.6 Å². The van der Waals surface area contributed by atoms with Crippen LogP contribution in [-0.2, 0) is 0 Å². The summed E-state index contributed by atoms with van der Waals surface area (Å²) in [5.41, 5.74) is 2.07. The summed E-state index contributed by atoms with van der Waals surface area (Å²) in [5, 5.41) is 19.0. The van der Waals surface area contributed by atoms with E-state index in [2.05, 4.69) is 58.8 Å². The Morgan fingerprint density at radius 3 is 2.44 bits per heavy atom. The van der Waals surface area contributed by atoms with Crippen molar-refractivity contribution in [3.8, 4) is 0 Å². The number of nitrogens with zero attached hydrogens (tertiary/aromatic N) is 4. The Hall–Kier alpha value is -2.95. The quantitative estimate of drug-likeness (QED) is 0.583. The van der Waals surface area contributed by atoms with Gasteiger partial charge in [0.15, 0.2) is 17.3 Å². The fraction of sp³-hybridized carbons (Fsp3) is 0.250. The number of hydrogen-bond donors (Lipinski definition) is 1. The van der Waals surface area contributed by atoms with E-state index in [0.717, 1.165) is 40.9 Å². The molecule has 0 saturated heterocycles. The van der Waals surface area contributed by atoms with Gasteiger partial charge in [-0.25, -0.2) is 0 Å².